The number of hydrogen-bond donors (Lipinski definition) is 1. The average Bonchev–Trinajstić information content (AvgIpc) is 3.30. The number of ether oxygens (including phenoxy) is 1. The van der Waals surface area contributed by atoms with Gasteiger partial charge < -0.3 is 14.6 Å². The summed E-state index contributed by atoms with van der Waals surface area (Å²) in [4.78, 5) is 16.9. The maximum absolute atomic E-state index is 12.7. The molecule has 2 aliphatic heterocycles. The molecule has 9 nitrogen and oxygen atoms in total. The van der Waals surface area contributed by atoms with Gasteiger partial charge in [-0.3, -0.25) is 4.79 Å². The topological polar surface area (TPSA) is 99.2 Å². The minimum atomic E-state index is -0.155. The number of aryl methyl sites for hydroxylation is 1. The largest absolute Gasteiger partial charge is 0.381 e. The monoisotopic (exact) mass is 381 g/mol. The number of fused-ring (bicyclic) bond motifs is 2. The van der Waals surface area contributed by atoms with Crippen LogP contribution in [0.25, 0.3) is 5.65 Å². The average molecular weight is 381 g/mol. The highest BCUT2D eigenvalue weighted by atomic mass is 16.5. The number of carbonyl (C=O) groups excluding carboxylic acids is 1. The van der Waals surface area contributed by atoms with Crippen molar-refractivity contribution in [3.8, 4) is 0 Å². The van der Waals surface area contributed by atoms with Crippen LogP contribution < -0.4 is 5.32 Å². The first-order valence-electron chi connectivity index (χ1n) is 9.89. The van der Waals surface area contributed by atoms with Crippen LogP contribution in [0.5, 0.6) is 0 Å². The van der Waals surface area contributed by atoms with Crippen molar-refractivity contribution in [1.82, 2.24) is 34.7 Å². The van der Waals surface area contributed by atoms with Crippen LogP contribution in [0, 0.1) is 0 Å². The van der Waals surface area contributed by atoms with E-state index in [4.69, 9.17) is 4.74 Å². The van der Waals surface area contributed by atoms with Crippen molar-refractivity contribution in [2.24, 2.45) is 0 Å². The molecule has 1 fully saturated rings. The van der Waals surface area contributed by atoms with Crippen LogP contribution in [0.3, 0.4) is 0 Å². The highest BCUT2D eigenvalue weighted by Crippen LogP contribution is 2.27. The van der Waals surface area contributed by atoms with E-state index in [0.29, 0.717) is 17.3 Å². The van der Waals surface area contributed by atoms with E-state index in [9.17, 15) is 4.79 Å². The Hall–Kier alpha value is -2.81. The Morgan fingerprint density at radius 3 is 2.93 bits per heavy atom. The van der Waals surface area contributed by atoms with Gasteiger partial charge in [0.15, 0.2) is 11.3 Å². The lowest BCUT2D eigenvalue weighted by Crippen LogP contribution is -2.35. The van der Waals surface area contributed by atoms with Crippen molar-refractivity contribution >= 4 is 11.6 Å². The predicted octanol–water partition coefficient (Wildman–Crippen LogP) is 1.35. The first kappa shape index (κ1) is 17.3. The summed E-state index contributed by atoms with van der Waals surface area (Å²) >= 11 is 0. The van der Waals surface area contributed by atoms with Crippen LogP contribution in [-0.4, -0.2) is 54.5 Å². The molecule has 3 aromatic heterocycles. The van der Waals surface area contributed by atoms with Crippen LogP contribution in [-0.2, 0) is 17.7 Å². The van der Waals surface area contributed by atoms with E-state index in [0.717, 1.165) is 63.5 Å². The molecule has 28 heavy (non-hydrogen) atoms. The summed E-state index contributed by atoms with van der Waals surface area (Å²) in [5.74, 6) is 2.37. The van der Waals surface area contributed by atoms with Gasteiger partial charge in [0.05, 0.1) is 0 Å². The van der Waals surface area contributed by atoms with Crippen LogP contribution in [0.15, 0.2) is 24.5 Å². The van der Waals surface area contributed by atoms with Crippen molar-refractivity contribution in [3.05, 3.63) is 41.9 Å². The van der Waals surface area contributed by atoms with E-state index in [-0.39, 0.29) is 11.9 Å². The molecule has 5 heterocycles. The van der Waals surface area contributed by atoms with Crippen molar-refractivity contribution in [2.75, 3.05) is 13.2 Å². The maximum atomic E-state index is 12.7. The van der Waals surface area contributed by atoms with E-state index >= 15 is 0 Å². The zero-order valence-electron chi connectivity index (χ0n) is 15.6. The summed E-state index contributed by atoms with van der Waals surface area (Å²) in [6, 6.07) is 3.59. The Balaban J connectivity index is 1.27. The molecule has 9 heteroatoms. The molecule has 5 rings (SSSR count). The third kappa shape index (κ3) is 3.26. The number of nitrogens with one attached hydrogen (secondary N) is 1. The van der Waals surface area contributed by atoms with Crippen molar-refractivity contribution in [3.63, 3.8) is 0 Å². The van der Waals surface area contributed by atoms with Gasteiger partial charge in [-0.25, -0.2) is 9.50 Å². The highest BCUT2D eigenvalue weighted by Gasteiger charge is 2.27. The Morgan fingerprint density at radius 2 is 2.07 bits per heavy atom. The SMILES string of the molecule is O=C(NC1CCc2nnc(C3CCOCC3)n2CC1)c1cc2ncccn2n1. The minimum Gasteiger partial charge on any atom is -0.381 e. The quantitative estimate of drug-likeness (QED) is 0.735. The zero-order chi connectivity index (χ0) is 18.9. The lowest BCUT2D eigenvalue weighted by Gasteiger charge is -2.22. The van der Waals surface area contributed by atoms with Crippen molar-refractivity contribution < 1.29 is 9.53 Å². The van der Waals surface area contributed by atoms with Gasteiger partial charge in [-0.15, -0.1) is 10.2 Å². The highest BCUT2D eigenvalue weighted by molar-refractivity contribution is 5.93. The molecular weight excluding hydrogens is 358 g/mol. The Kier molecular flexibility index (Phi) is 4.52. The molecular formula is C19H23N7O2. The third-order valence-corrected chi connectivity index (χ3v) is 5.66. The maximum Gasteiger partial charge on any atom is 0.272 e. The first-order chi connectivity index (χ1) is 13.8. The van der Waals surface area contributed by atoms with Gasteiger partial charge in [-0.2, -0.15) is 5.10 Å². The predicted molar refractivity (Wildman–Crippen MR) is 100.0 cm³/mol. The summed E-state index contributed by atoms with van der Waals surface area (Å²) in [7, 11) is 0. The summed E-state index contributed by atoms with van der Waals surface area (Å²) < 4.78 is 9.35. The number of hydrogen-bond acceptors (Lipinski definition) is 6. The fraction of sp³-hybridized carbons (Fsp3) is 0.526. The van der Waals surface area contributed by atoms with Crippen LogP contribution in [0.1, 0.15) is 53.7 Å². The molecule has 0 bridgehead atoms. The molecule has 1 saturated heterocycles. The molecule has 0 spiro atoms. The fourth-order valence-electron chi connectivity index (χ4n) is 4.11. The molecule has 1 N–H and O–H groups in total. The second kappa shape index (κ2) is 7.31. The second-order valence-corrected chi connectivity index (χ2v) is 7.46. The van der Waals surface area contributed by atoms with E-state index in [1.54, 1.807) is 29.0 Å². The van der Waals surface area contributed by atoms with Gasteiger partial charge in [0.25, 0.3) is 5.91 Å². The number of amides is 1. The first-order valence-corrected chi connectivity index (χ1v) is 9.89. The summed E-state index contributed by atoms with van der Waals surface area (Å²) in [6.45, 7) is 2.41. The Bertz CT molecular complexity index is 956. The van der Waals surface area contributed by atoms with Crippen molar-refractivity contribution in [2.45, 2.75) is 50.6 Å². The molecule has 0 aromatic carbocycles. The summed E-state index contributed by atoms with van der Waals surface area (Å²) in [5.41, 5.74) is 1.06. The second-order valence-electron chi connectivity index (χ2n) is 7.46. The molecule has 3 aromatic rings. The van der Waals surface area contributed by atoms with E-state index in [2.05, 4.69) is 30.2 Å². The Morgan fingerprint density at radius 1 is 1.18 bits per heavy atom. The van der Waals surface area contributed by atoms with Gasteiger partial charge in [0.2, 0.25) is 0 Å². The van der Waals surface area contributed by atoms with Crippen LogP contribution in [0.4, 0.5) is 0 Å². The smallest absolute Gasteiger partial charge is 0.272 e. The van der Waals surface area contributed by atoms with Crippen molar-refractivity contribution in [1.29, 1.82) is 0 Å². The number of carbonyl (C=O) groups is 1. The zero-order valence-corrected chi connectivity index (χ0v) is 15.6. The lowest BCUT2D eigenvalue weighted by molar-refractivity contribution is 0.0826. The van der Waals surface area contributed by atoms with E-state index in [1.165, 1.54) is 0 Å². The normalized spacial score (nSPS) is 20.6. The minimum absolute atomic E-state index is 0.0921. The summed E-state index contributed by atoms with van der Waals surface area (Å²) in [6.07, 6.45) is 8.00. The fourth-order valence-corrected chi connectivity index (χ4v) is 4.11. The molecule has 1 unspecified atom stereocenters. The molecule has 0 saturated carbocycles. The molecule has 146 valence electrons. The molecule has 0 radical (unpaired) electrons. The van der Waals surface area contributed by atoms with E-state index in [1.807, 2.05) is 0 Å². The van der Waals surface area contributed by atoms with Gasteiger partial charge in [-0.1, -0.05) is 0 Å². The van der Waals surface area contributed by atoms with Gasteiger partial charge in [0, 0.05) is 56.6 Å². The van der Waals surface area contributed by atoms with E-state index < -0.39 is 0 Å². The van der Waals surface area contributed by atoms with Crippen LogP contribution >= 0.6 is 0 Å². The van der Waals surface area contributed by atoms with Crippen LogP contribution in [0.2, 0.25) is 0 Å². The molecule has 2 aliphatic rings. The Labute approximate surface area is 162 Å². The molecule has 1 amide bonds. The summed E-state index contributed by atoms with van der Waals surface area (Å²) in [5, 5.41) is 16.3. The lowest BCUT2D eigenvalue weighted by atomic mass is 9.99. The number of nitrogens with zero attached hydrogens (tertiary/aromatic N) is 6. The molecule has 1 atom stereocenters. The number of rotatable bonds is 3. The standard InChI is InChI=1S/C19H23N7O2/c27-19(15-12-17-20-7-1-8-26(17)24-15)21-14-2-3-16-22-23-18(25(16)9-4-14)13-5-10-28-11-6-13/h1,7-8,12-14H,2-6,9-11H2,(H,21,27). The molecule has 0 aliphatic carbocycles. The van der Waals surface area contributed by atoms with Gasteiger partial charge in [-0.05, 0) is 31.7 Å². The number of aromatic nitrogens is 6. The van der Waals surface area contributed by atoms with Gasteiger partial charge >= 0.3 is 0 Å². The third-order valence-electron chi connectivity index (χ3n) is 5.66. The van der Waals surface area contributed by atoms with Gasteiger partial charge in [0.1, 0.15) is 11.6 Å².